The first-order valence-electron chi connectivity index (χ1n) is 34.3. The van der Waals surface area contributed by atoms with Gasteiger partial charge in [0.2, 0.25) is 0 Å². The molecule has 0 bridgehead atoms. The van der Waals surface area contributed by atoms with Crippen LogP contribution in [0.1, 0.15) is 152 Å². The highest BCUT2D eigenvalue weighted by Gasteiger charge is 2.69. The van der Waals surface area contributed by atoms with Gasteiger partial charge in [-0.05, 0) is 147 Å². The molecular weight excluding hydrogens is 1250 g/mol. The monoisotopic (exact) mass is 1350 g/mol. The molecule has 24 heteroatoms. The quantitative estimate of drug-likeness (QED) is 0.0737. The van der Waals surface area contributed by atoms with E-state index in [1.165, 1.54) is 32.8 Å². The lowest BCUT2D eigenvalue weighted by atomic mass is 9.47. The van der Waals surface area contributed by atoms with Crippen molar-refractivity contribution < 1.29 is 109 Å². The van der Waals surface area contributed by atoms with E-state index in [-0.39, 0.29) is 35.9 Å². The number of nitrogens with one attached hydrogen (secondary N) is 1. The van der Waals surface area contributed by atoms with Crippen molar-refractivity contribution in [3.05, 3.63) is 71.3 Å². The maximum atomic E-state index is 13.3. The first kappa shape index (κ1) is 71.5. The van der Waals surface area contributed by atoms with Gasteiger partial charge in [-0.25, -0.2) is 0 Å². The Morgan fingerprint density at radius 2 is 1.01 bits per heavy atom. The molecule has 3 unspecified atom stereocenters. The van der Waals surface area contributed by atoms with Crippen LogP contribution in [0.15, 0.2) is 60.2 Å². The molecule has 0 amide bonds. The van der Waals surface area contributed by atoms with Crippen LogP contribution in [-0.2, 0) is 113 Å². The van der Waals surface area contributed by atoms with E-state index in [2.05, 4.69) is 39.1 Å². The zero-order valence-electron chi connectivity index (χ0n) is 57.9. The van der Waals surface area contributed by atoms with Gasteiger partial charge < -0.3 is 80.5 Å². The molecule has 5 saturated heterocycles. The van der Waals surface area contributed by atoms with Crippen molar-refractivity contribution in [2.45, 2.75) is 264 Å². The standard InChI is InChI=1S/C72H99NO23/c1-36-25-30-72(73-33-36)37(2)56-55(96-72)32-54-52-24-19-48-31-51(26-28-70(48,11)53(52)27-29-71(54,56)12)92-69-63(94-68-65(91-45(10)79)61(89-43(8)77)58(39(4)85-68)87-41(6)75)59(82-34-46-15-20-49(80-13)21-16-46)62(66(95-69)83-35-47-17-22-50(81-14)23-18-47)93-67-64(90-44(9)78)60(88-42(7)76)57(38(3)84-67)86-40(5)74/h15-23,36-39,51-69,73H,24-35H2,1-14H3/t36-,37+,38-,39+,51+,52?,53?,54?,55+,56+,57-,58+,59+,60+,61-,62+,63-,64+,65-,66+,67-,68+,69-,70+,71+,72-/m1/s1. The second kappa shape index (κ2) is 29.6. The molecule has 26 atom stereocenters. The van der Waals surface area contributed by atoms with Crippen LogP contribution in [0.25, 0.3) is 0 Å². The van der Waals surface area contributed by atoms with E-state index in [1.807, 2.05) is 24.3 Å². The highest BCUT2D eigenvalue weighted by atomic mass is 16.8. The van der Waals surface area contributed by atoms with Crippen molar-refractivity contribution in [3.63, 3.8) is 0 Å². The summed E-state index contributed by atoms with van der Waals surface area (Å²) in [6.07, 6.45) is -10.9. The average Bonchev–Trinajstić information content (AvgIpc) is 1.50. The van der Waals surface area contributed by atoms with Crippen LogP contribution in [-0.4, -0.2) is 167 Å². The summed E-state index contributed by atoms with van der Waals surface area (Å²) in [7, 11) is 3.11. The maximum Gasteiger partial charge on any atom is 0.303 e. The molecule has 5 heterocycles. The Bertz CT molecular complexity index is 3120. The summed E-state index contributed by atoms with van der Waals surface area (Å²) < 4.78 is 110. The predicted molar refractivity (Wildman–Crippen MR) is 338 cm³/mol. The summed E-state index contributed by atoms with van der Waals surface area (Å²) in [6.45, 7) is 20.7. The minimum absolute atomic E-state index is 0.0991. The van der Waals surface area contributed by atoms with E-state index in [9.17, 15) is 28.8 Å². The fourth-order valence-corrected chi connectivity index (χ4v) is 17.9. The van der Waals surface area contributed by atoms with Gasteiger partial charge in [-0.15, -0.1) is 0 Å². The summed E-state index contributed by atoms with van der Waals surface area (Å²) in [5.41, 5.74) is 2.44. The number of hydrogen-bond acceptors (Lipinski definition) is 24. The Balaban J connectivity index is 0.984. The van der Waals surface area contributed by atoms with Crippen LogP contribution in [0, 0.1) is 46.3 Å². The van der Waals surface area contributed by atoms with Crippen molar-refractivity contribution in [1.29, 1.82) is 0 Å². The fraction of sp³-hybridized carbons (Fsp3) is 0.722. The molecule has 96 heavy (non-hydrogen) atoms. The number of allylic oxidation sites excluding steroid dienone is 1. The van der Waals surface area contributed by atoms with Gasteiger partial charge >= 0.3 is 35.8 Å². The summed E-state index contributed by atoms with van der Waals surface area (Å²) in [6, 6.07) is 14.4. The van der Waals surface area contributed by atoms with E-state index in [4.69, 9.17) is 80.5 Å². The first-order valence-corrected chi connectivity index (χ1v) is 34.3. The van der Waals surface area contributed by atoms with Crippen molar-refractivity contribution >= 4 is 35.8 Å². The maximum absolute atomic E-state index is 13.3. The third-order valence-corrected chi connectivity index (χ3v) is 22.3. The average molecular weight is 1350 g/mol. The Morgan fingerprint density at radius 1 is 0.521 bits per heavy atom. The molecule has 3 saturated carbocycles. The van der Waals surface area contributed by atoms with Crippen LogP contribution in [0.4, 0.5) is 0 Å². The molecule has 0 aromatic heterocycles. The van der Waals surface area contributed by atoms with Gasteiger partial charge in [-0.2, -0.15) is 0 Å². The third-order valence-electron chi connectivity index (χ3n) is 22.3. The second-order valence-electron chi connectivity index (χ2n) is 28.6. The smallest absolute Gasteiger partial charge is 0.303 e. The molecule has 530 valence electrons. The fourth-order valence-electron chi connectivity index (χ4n) is 17.9. The number of piperidine rings is 1. The molecule has 5 aliphatic heterocycles. The molecule has 2 aromatic rings. The van der Waals surface area contributed by atoms with E-state index < -0.39 is 134 Å². The lowest BCUT2D eigenvalue weighted by molar-refractivity contribution is -0.417. The number of methoxy groups -OCH3 is 2. The first-order chi connectivity index (χ1) is 45.7. The summed E-state index contributed by atoms with van der Waals surface area (Å²) in [4.78, 5) is 78.1. The third kappa shape index (κ3) is 14.9. The zero-order chi connectivity index (χ0) is 68.7. The number of fused-ring (bicyclic) bond motifs is 7. The lowest BCUT2D eigenvalue weighted by Crippen LogP contribution is -2.68. The number of carbonyl (C=O) groups excluding carboxylic acids is 6. The Hall–Kier alpha value is -5.80. The van der Waals surface area contributed by atoms with Gasteiger partial charge in [0.25, 0.3) is 0 Å². The van der Waals surface area contributed by atoms with Gasteiger partial charge in [-0.3, -0.25) is 34.1 Å². The number of esters is 6. The van der Waals surface area contributed by atoms with Crippen molar-refractivity contribution in [1.82, 2.24) is 5.32 Å². The number of ether oxygens (including phenoxy) is 17. The van der Waals surface area contributed by atoms with Crippen molar-refractivity contribution in [3.8, 4) is 11.5 Å². The van der Waals surface area contributed by atoms with E-state index in [1.54, 1.807) is 52.3 Å². The molecule has 0 radical (unpaired) electrons. The molecule has 11 rings (SSSR count). The Morgan fingerprint density at radius 3 is 1.51 bits per heavy atom. The minimum Gasteiger partial charge on any atom is -0.497 e. The molecule has 4 aliphatic carbocycles. The molecule has 1 N–H and O–H groups in total. The predicted octanol–water partition coefficient (Wildman–Crippen LogP) is 8.66. The highest BCUT2D eigenvalue weighted by Crippen LogP contribution is 2.70. The van der Waals surface area contributed by atoms with E-state index in [0.29, 0.717) is 71.0 Å². The zero-order valence-corrected chi connectivity index (χ0v) is 57.9. The summed E-state index contributed by atoms with van der Waals surface area (Å²) in [5.74, 6) is -0.523. The Kier molecular flexibility index (Phi) is 22.0. The van der Waals surface area contributed by atoms with Gasteiger partial charge in [0.1, 0.15) is 35.5 Å². The van der Waals surface area contributed by atoms with Gasteiger partial charge in [-0.1, -0.05) is 63.6 Å². The molecule has 1 spiro atoms. The largest absolute Gasteiger partial charge is 0.497 e. The lowest BCUT2D eigenvalue weighted by Gasteiger charge is -2.59. The Labute approximate surface area is 562 Å². The minimum atomic E-state index is -1.66. The highest BCUT2D eigenvalue weighted by molar-refractivity contribution is 5.69. The van der Waals surface area contributed by atoms with E-state index >= 15 is 0 Å². The number of rotatable bonds is 20. The SMILES string of the molecule is COc1ccc(CO[C@H]2O[C@@H](O[C@H]3CC[C@@]4(C)C(=CCC5C4CC[C@@]4(C)C5C[C@@H]5O[C@]6(CC[C@@H](C)CN6)[C@@H](C)[C@@H]54)C3)[C@H](O[C@@H]3O[C@@H](C)[C@H](OC(C)=O)[C@@H](OC(C)=O)[C@H]3OC(C)=O)[C@@H](OCc3ccc(OC)cc3)[C@@H]2O[C@H]2O[C@H](C)[C@@H](OC(C)=O)[C@H](OC(C)=O)[C@@H]2OC(C)=O)cc1. The molecular formula is C72H99NO23. The normalized spacial score (nSPS) is 40.8. The van der Waals surface area contributed by atoms with Crippen molar-refractivity contribution in [2.24, 2.45) is 46.3 Å². The van der Waals surface area contributed by atoms with Crippen LogP contribution >= 0.6 is 0 Å². The van der Waals surface area contributed by atoms with Crippen LogP contribution in [0.2, 0.25) is 0 Å². The number of carbonyl (C=O) groups is 6. The second-order valence-corrected chi connectivity index (χ2v) is 28.6. The van der Waals surface area contributed by atoms with Crippen LogP contribution < -0.4 is 14.8 Å². The summed E-state index contributed by atoms with van der Waals surface area (Å²) >= 11 is 0. The van der Waals surface area contributed by atoms with Crippen LogP contribution in [0.5, 0.6) is 11.5 Å². The molecule has 9 aliphatic rings. The van der Waals surface area contributed by atoms with Gasteiger partial charge in [0.05, 0.1) is 51.8 Å². The van der Waals surface area contributed by atoms with Crippen molar-refractivity contribution in [2.75, 3.05) is 20.8 Å². The number of hydrogen-bond donors (Lipinski definition) is 1. The topological polar surface area (TPSA) is 271 Å². The van der Waals surface area contributed by atoms with Gasteiger partial charge in [0.15, 0.2) is 61.8 Å². The molecule has 2 aromatic carbocycles. The van der Waals surface area contributed by atoms with Crippen LogP contribution in [0.3, 0.4) is 0 Å². The molecule has 8 fully saturated rings. The van der Waals surface area contributed by atoms with E-state index in [0.717, 1.165) is 65.8 Å². The molecule has 24 nitrogen and oxygen atoms in total. The van der Waals surface area contributed by atoms with Gasteiger partial charge in [0, 0.05) is 54.0 Å². The number of benzene rings is 2. The summed E-state index contributed by atoms with van der Waals surface area (Å²) in [5, 5.41) is 3.90.